The number of ether oxygens (including phenoxy) is 1. The number of aromatic nitrogens is 1. The molecule has 6 nitrogen and oxygen atoms in total. The highest BCUT2D eigenvalue weighted by molar-refractivity contribution is 6.29. The van der Waals surface area contributed by atoms with E-state index in [2.05, 4.69) is 29.6 Å². The van der Waals surface area contributed by atoms with Crippen LogP contribution in [0, 0.1) is 5.41 Å². The molecule has 110 valence electrons. The number of pyridine rings is 1. The van der Waals surface area contributed by atoms with Crippen LogP contribution in [0.5, 0.6) is 0 Å². The van der Waals surface area contributed by atoms with Crippen LogP contribution in [-0.4, -0.2) is 30.1 Å². The Kier molecular flexibility index (Phi) is 4.17. The van der Waals surface area contributed by atoms with Gasteiger partial charge < -0.3 is 15.5 Å². The van der Waals surface area contributed by atoms with Crippen LogP contribution in [-0.2, 0) is 4.74 Å². The highest BCUT2D eigenvalue weighted by Gasteiger charge is 2.49. The quantitative estimate of drug-likeness (QED) is 0.446. The molecule has 1 amide bonds. The van der Waals surface area contributed by atoms with Crippen molar-refractivity contribution in [1.29, 1.82) is 0 Å². The van der Waals surface area contributed by atoms with Gasteiger partial charge in [0.2, 0.25) is 0 Å². The van der Waals surface area contributed by atoms with Crippen LogP contribution >= 0.6 is 11.6 Å². The standard InChI is InChI=1S/C13H19ClN4O2/c1-13(2)8(6-9(13)20-3)16-12(19)7-4-10(14)17-11(5-7)18-15/h4-5,8-9H,6,15H2,1-3H3,(H,16,19)(H,17,18). The first kappa shape index (κ1) is 15.0. The van der Waals surface area contributed by atoms with Crippen molar-refractivity contribution >= 4 is 23.3 Å². The molecule has 7 heteroatoms. The average Bonchev–Trinajstić information content (AvgIpc) is 2.41. The number of hydrogen-bond donors (Lipinski definition) is 3. The molecule has 0 radical (unpaired) electrons. The lowest BCUT2D eigenvalue weighted by Gasteiger charge is -2.51. The molecule has 1 saturated carbocycles. The van der Waals surface area contributed by atoms with Crippen molar-refractivity contribution in [1.82, 2.24) is 10.3 Å². The molecule has 1 aromatic rings. The van der Waals surface area contributed by atoms with E-state index < -0.39 is 0 Å². The Labute approximate surface area is 123 Å². The fourth-order valence-electron chi connectivity index (χ4n) is 2.47. The summed E-state index contributed by atoms with van der Waals surface area (Å²) < 4.78 is 5.37. The normalized spacial score (nSPS) is 23.9. The van der Waals surface area contributed by atoms with E-state index in [0.29, 0.717) is 11.4 Å². The maximum Gasteiger partial charge on any atom is 0.251 e. The summed E-state index contributed by atoms with van der Waals surface area (Å²) in [6.45, 7) is 4.14. The summed E-state index contributed by atoms with van der Waals surface area (Å²) in [6.07, 6.45) is 0.964. The molecule has 4 N–H and O–H groups in total. The number of amides is 1. The second kappa shape index (κ2) is 5.55. The van der Waals surface area contributed by atoms with Crippen molar-refractivity contribution in [2.75, 3.05) is 12.5 Å². The molecule has 1 aromatic heterocycles. The Morgan fingerprint density at radius 2 is 2.25 bits per heavy atom. The number of carbonyl (C=O) groups is 1. The summed E-state index contributed by atoms with van der Waals surface area (Å²) >= 11 is 5.85. The van der Waals surface area contributed by atoms with Gasteiger partial charge in [-0.25, -0.2) is 10.8 Å². The fraction of sp³-hybridized carbons (Fsp3) is 0.538. The summed E-state index contributed by atoms with van der Waals surface area (Å²) in [4.78, 5) is 16.2. The van der Waals surface area contributed by atoms with Gasteiger partial charge in [0.1, 0.15) is 11.0 Å². The molecule has 0 aromatic carbocycles. The van der Waals surface area contributed by atoms with E-state index in [0.717, 1.165) is 6.42 Å². The molecule has 0 bridgehead atoms. The van der Waals surface area contributed by atoms with E-state index in [-0.39, 0.29) is 28.6 Å². The van der Waals surface area contributed by atoms with Gasteiger partial charge in [-0.1, -0.05) is 25.4 Å². The Bertz CT molecular complexity index is 521. The number of anilines is 1. The molecule has 1 aliphatic rings. The molecular weight excluding hydrogens is 280 g/mol. The number of nitrogens with one attached hydrogen (secondary N) is 2. The van der Waals surface area contributed by atoms with E-state index in [1.165, 1.54) is 6.07 Å². The summed E-state index contributed by atoms with van der Waals surface area (Å²) in [7, 11) is 1.69. The number of nitrogens with zero attached hydrogens (tertiary/aromatic N) is 1. The van der Waals surface area contributed by atoms with Gasteiger partial charge in [0.15, 0.2) is 0 Å². The number of hydrogen-bond acceptors (Lipinski definition) is 5. The highest BCUT2D eigenvalue weighted by atomic mass is 35.5. The van der Waals surface area contributed by atoms with E-state index >= 15 is 0 Å². The van der Waals surface area contributed by atoms with Crippen molar-refractivity contribution in [3.05, 3.63) is 22.8 Å². The average molecular weight is 299 g/mol. The number of methoxy groups -OCH3 is 1. The molecule has 1 fully saturated rings. The van der Waals surface area contributed by atoms with Crippen molar-refractivity contribution in [2.45, 2.75) is 32.4 Å². The van der Waals surface area contributed by atoms with Gasteiger partial charge in [-0.15, -0.1) is 0 Å². The Balaban J connectivity index is 2.08. The van der Waals surface area contributed by atoms with Crippen molar-refractivity contribution < 1.29 is 9.53 Å². The van der Waals surface area contributed by atoms with Crippen LogP contribution in [0.2, 0.25) is 5.15 Å². The molecule has 2 unspecified atom stereocenters. The SMILES string of the molecule is COC1CC(NC(=O)c2cc(Cl)nc(NN)c2)C1(C)C. The summed E-state index contributed by atoms with van der Waals surface area (Å²) in [5, 5.41) is 3.21. The van der Waals surface area contributed by atoms with E-state index in [1.807, 2.05) is 0 Å². The lowest BCUT2D eigenvalue weighted by Crippen LogP contribution is -2.61. The second-order valence-electron chi connectivity index (χ2n) is 5.52. The number of rotatable bonds is 4. The van der Waals surface area contributed by atoms with Crippen LogP contribution in [0.3, 0.4) is 0 Å². The lowest BCUT2D eigenvalue weighted by atomic mass is 9.64. The zero-order chi connectivity index (χ0) is 14.9. The largest absolute Gasteiger partial charge is 0.381 e. The van der Waals surface area contributed by atoms with Gasteiger partial charge in [-0.3, -0.25) is 4.79 Å². The second-order valence-corrected chi connectivity index (χ2v) is 5.90. The Morgan fingerprint density at radius 1 is 1.55 bits per heavy atom. The van der Waals surface area contributed by atoms with Gasteiger partial charge in [0.05, 0.1) is 6.10 Å². The highest BCUT2D eigenvalue weighted by Crippen LogP contribution is 2.42. The van der Waals surface area contributed by atoms with Crippen molar-refractivity contribution in [2.24, 2.45) is 11.3 Å². The molecule has 0 spiro atoms. The lowest BCUT2D eigenvalue weighted by molar-refractivity contribution is -0.0942. The van der Waals surface area contributed by atoms with Gasteiger partial charge >= 0.3 is 0 Å². The third kappa shape index (κ3) is 2.72. The Morgan fingerprint density at radius 3 is 2.80 bits per heavy atom. The number of nitrogens with two attached hydrogens (primary N) is 1. The molecule has 2 rings (SSSR count). The first-order valence-electron chi connectivity index (χ1n) is 6.36. The topological polar surface area (TPSA) is 89.3 Å². The Hall–Kier alpha value is -1.37. The minimum atomic E-state index is -0.196. The summed E-state index contributed by atoms with van der Waals surface area (Å²) in [6, 6.07) is 3.14. The monoisotopic (exact) mass is 298 g/mol. The van der Waals surface area contributed by atoms with E-state index in [9.17, 15) is 4.79 Å². The fourth-order valence-corrected chi connectivity index (χ4v) is 2.68. The van der Waals surface area contributed by atoms with Crippen LogP contribution in [0.4, 0.5) is 5.82 Å². The van der Waals surface area contributed by atoms with Crippen LogP contribution in [0.15, 0.2) is 12.1 Å². The molecule has 2 atom stereocenters. The number of nitrogen functional groups attached to an aromatic ring is 1. The van der Waals surface area contributed by atoms with Crippen LogP contribution in [0.25, 0.3) is 0 Å². The molecule has 0 aliphatic heterocycles. The van der Waals surface area contributed by atoms with Gasteiger partial charge in [-0.05, 0) is 18.6 Å². The molecule has 1 heterocycles. The first-order valence-corrected chi connectivity index (χ1v) is 6.74. The minimum Gasteiger partial charge on any atom is -0.381 e. The number of halogens is 1. The predicted octanol–water partition coefficient (Wildman–Crippen LogP) is 1.56. The van der Waals surface area contributed by atoms with Crippen LogP contribution in [0.1, 0.15) is 30.6 Å². The van der Waals surface area contributed by atoms with Gasteiger partial charge in [0, 0.05) is 24.1 Å². The molecule has 1 aliphatic carbocycles. The van der Waals surface area contributed by atoms with E-state index in [4.69, 9.17) is 22.2 Å². The third-order valence-electron chi connectivity index (χ3n) is 3.97. The van der Waals surface area contributed by atoms with Crippen molar-refractivity contribution in [3.63, 3.8) is 0 Å². The maximum atomic E-state index is 12.2. The zero-order valence-corrected chi connectivity index (χ0v) is 12.5. The van der Waals surface area contributed by atoms with Crippen LogP contribution < -0.4 is 16.6 Å². The number of hydrazine groups is 1. The molecular formula is C13H19ClN4O2. The predicted molar refractivity (Wildman–Crippen MR) is 77.5 cm³/mol. The van der Waals surface area contributed by atoms with E-state index in [1.54, 1.807) is 13.2 Å². The minimum absolute atomic E-state index is 0.0705. The van der Waals surface area contributed by atoms with Crippen molar-refractivity contribution in [3.8, 4) is 0 Å². The maximum absolute atomic E-state index is 12.2. The third-order valence-corrected chi connectivity index (χ3v) is 4.17. The zero-order valence-electron chi connectivity index (χ0n) is 11.7. The van der Waals surface area contributed by atoms with Gasteiger partial charge in [0.25, 0.3) is 5.91 Å². The summed E-state index contributed by atoms with van der Waals surface area (Å²) in [5.74, 6) is 5.44. The smallest absolute Gasteiger partial charge is 0.251 e. The summed E-state index contributed by atoms with van der Waals surface area (Å²) in [5.41, 5.74) is 2.72. The number of carbonyl (C=O) groups excluding carboxylic acids is 1. The first-order chi connectivity index (χ1) is 9.38. The molecule has 0 saturated heterocycles. The molecule has 20 heavy (non-hydrogen) atoms. The van der Waals surface area contributed by atoms with Gasteiger partial charge in [-0.2, -0.15) is 0 Å².